The van der Waals surface area contributed by atoms with Crippen LogP contribution in [0.1, 0.15) is 32.6 Å². The molecule has 6 nitrogen and oxygen atoms in total. The monoisotopic (exact) mass is 345 g/mol. The number of anilines is 1. The van der Waals surface area contributed by atoms with Crippen LogP contribution in [-0.4, -0.2) is 44.1 Å². The highest BCUT2D eigenvalue weighted by molar-refractivity contribution is 5.86. The number of nitrogens with one attached hydrogen (secondary N) is 2. The molecule has 1 fully saturated rings. The lowest BCUT2D eigenvalue weighted by atomic mass is 9.86. The van der Waals surface area contributed by atoms with Gasteiger partial charge in [-0.1, -0.05) is 31.9 Å². The van der Waals surface area contributed by atoms with Gasteiger partial charge < -0.3 is 20.3 Å². The highest BCUT2D eigenvalue weighted by atomic mass is 16.5. The number of hydrogen-bond acceptors (Lipinski definition) is 4. The van der Waals surface area contributed by atoms with E-state index in [0.29, 0.717) is 18.2 Å². The van der Waals surface area contributed by atoms with Crippen LogP contribution in [-0.2, 0) is 9.59 Å². The van der Waals surface area contributed by atoms with Crippen molar-refractivity contribution in [2.75, 3.05) is 25.0 Å². The van der Waals surface area contributed by atoms with E-state index < -0.39 is 6.10 Å². The van der Waals surface area contributed by atoms with Gasteiger partial charge in [0, 0.05) is 13.1 Å². The van der Waals surface area contributed by atoms with Crippen molar-refractivity contribution in [1.29, 1.82) is 0 Å². The van der Waals surface area contributed by atoms with Crippen molar-refractivity contribution < 1.29 is 14.3 Å². The molecule has 1 heterocycles. The van der Waals surface area contributed by atoms with E-state index in [1.807, 2.05) is 29.2 Å². The van der Waals surface area contributed by atoms with Gasteiger partial charge in [0.2, 0.25) is 5.91 Å². The summed E-state index contributed by atoms with van der Waals surface area (Å²) in [5.74, 6) is 0.987. The summed E-state index contributed by atoms with van der Waals surface area (Å²) < 4.78 is 5.78. The summed E-state index contributed by atoms with van der Waals surface area (Å²) in [7, 11) is 1.59. The fraction of sp³-hybridized carbons (Fsp3) is 0.579. The number of benzene rings is 1. The molecule has 1 saturated carbocycles. The topological polar surface area (TPSA) is 70.7 Å². The molecular formula is C19H27N3O3. The zero-order valence-electron chi connectivity index (χ0n) is 15.0. The first-order chi connectivity index (χ1) is 12.1. The number of fused-ring (bicyclic) bond motifs is 1. The van der Waals surface area contributed by atoms with Crippen molar-refractivity contribution >= 4 is 17.5 Å². The Morgan fingerprint density at radius 1 is 1.24 bits per heavy atom. The zero-order chi connectivity index (χ0) is 17.8. The van der Waals surface area contributed by atoms with Crippen LogP contribution in [0.5, 0.6) is 5.75 Å². The second-order valence-electron chi connectivity index (χ2n) is 7.00. The zero-order valence-corrected chi connectivity index (χ0v) is 15.0. The van der Waals surface area contributed by atoms with Crippen LogP contribution in [0, 0.1) is 5.92 Å². The Labute approximate surface area is 148 Å². The molecule has 0 saturated heterocycles. The largest absolute Gasteiger partial charge is 0.477 e. The molecule has 3 rings (SSSR count). The van der Waals surface area contributed by atoms with E-state index in [9.17, 15) is 9.59 Å². The van der Waals surface area contributed by atoms with Gasteiger partial charge in [-0.05, 0) is 30.9 Å². The molecule has 0 bridgehead atoms. The van der Waals surface area contributed by atoms with Gasteiger partial charge >= 0.3 is 0 Å². The molecule has 25 heavy (non-hydrogen) atoms. The number of carbonyl (C=O) groups is 2. The molecule has 2 N–H and O–H groups in total. The SMILES string of the molecule is CNC(=O)[C@@H]1CN(CC(=O)N[C@H]2CCCC[C@@H]2C)c2ccccc2O1. The van der Waals surface area contributed by atoms with Crippen molar-refractivity contribution in [1.82, 2.24) is 10.6 Å². The predicted molar refractivity (Wildman–Crippen MR) is 96.7 cm³/mol. The molecule has 1 aliphatic carbocycles. The summed E-state index contributed by atoms with van der Waals surface area (Å²) >= 11 is 0. The summed E-state index contributed by atoms with van der Waals surface area (Å²) in [5, 5.41) is 5.80. The van der Waals surface area contributed by atoms with Crippen molar-refractivity contribution in [3.63, 3.8) is 0 Å². The van der Waals surface area contributed by atoms with Gasteiger partial charge in [0.05, 0.1) is 18.8 Å². The van der Waals surface area contributed by atoms with Gasteiger partial charge in [-0.3, -0.25) is 9.59 Å². The van der Waals surface area contributed by atoms with E-state index in [4.69, 9.17) is 4.74 Å². The third-order valence-electron chi connectivity index (χ3n) is 5.19. The Morgan fingerprint density at radius 2 is 2.00 bits per heavy atom. The number of hydrogen-bond donors (Lipinski definition) is 2. The van der Waals surface area contributed by atoms with E-state index >= 15 is 0 Å². The van der Waals surface area contributed by atoms with Crippen LogP contribution in [0.25, 0.3) is 0 Å². The summed E-state index contributed by atoms with van der Waals surface area (Å²) in [5.41, 5.74) is 0.856. The maximum absolute atomic E-state index is 12.6. The van der Waals surface area contributed by atoms with Crippen LogP contribution in [0.3, 0.4) is 0 Å². The Kier molecular flexibility index (Phi) is 5.46. The molecule has 2 aliphatic rings. The summed E-state index contributed by atoms with van der Waals surface area (Å²) in [6.07, 6.45) is 4.03. The van der Waals surface area contributed by atoms with E-state index in [1.54, 1.807) is 7.05 Å². The van der Waals surface area contributed by atoms with E-state index in [-0.39, 0.29) is 24.4 Å². The average Bonchev–Trinajstić information content (AvgIpc) is 2.62. The van der Waals surface area contributed by atoms with Gasteiger partial charge in [-0.2, -0.15) is 0 Å². The molecule has 2 amide bonds. The molecule has 0 aromatic heterocycles. The van der Waals surface area contributed by atoms with Crippen molar-refractivity contribution in [3.05, 3.63) is 24.3 Å². The second-order valence-corrected chi connectivity index (χ2v) is 7.00. The number of para-hydroxylation sites is 2. The fourth-order valence-corrected chi connectivity index (χ4v) is 3.71. The molecular weight excluding hydrogens is 318 g/mol. The molecule has 6 heteroatoms. The van der Waals surface area contributed by atoms with Crippen LogP contribution in [0.4, 0.5) is 5.69 Å². The number of rotatable bonds is 4. The van der Waals surface area contributed by atoms with Gasteiger partial charge in [-0.15, -0.1) is 0 Å². The first kappa shape index (κ1) is 17.6. The maximum Gasteiger partial charge on any atom is 0.262 e. The summed E-state index contributed by atoms with van der Waals surface area (Å²) in [6, 6.07) is 7.79. The lowest BCUT2D eigenvalue weighted by Gasteiger charge is -2.36. The summed E-state index contributed by atoms with van der Waals surface area (Å²) in [6.45, 7) is 2.80. The minimum Gasteiger partial charge on any atom is -0.477 e. The lowest BCUT2D eigenvalue weighted by Crippen LogP contribution is -2.52. The normalized spacial score (nSPS) is 25.5. The Hall–Kier alpha value is -2.24. The number of likely N-dealkylation sites (N-methyl/N-ethyl adjacent to an activating group) is 1. The van der Waals surface area contributed by atoms with Crippen LogP contribution >= 0.6 is 0 Å². The number of nitrogens with zero attached hydrogens (tertiary/aromatic N) is 1. The van der Waals surface area contributed by atoms with Gasteiger partial charge in [0.1, 0.15) is 5.75 Å². The number of ether oxygens (including phenoxy) is 1. The molecule has 1 aromatic carbocycles. The molecule has 1 aromatic rings. The highest BCUT2D eigenvalue weighted by Gasteiger charge is 2.31. The third-order valence-corrected chi connectivity index (χ3v) is 5.19. The lowest BCUT2D eigenvalue weighted by molar-refractivity contribution is -0.128. The number of amides is 2. The average molecular weight is 345 g/mol. The standard InChI is InChI=1S/C19H27N3O3/c1-13-7-3-4-8-14(13)21-18(23)12-22-11-17(19(24)20-2)25-16-10-6-5-9-15(16)22/h5-6,9-10,13-14,17H,3-4,7-8,11-12H2,1-2H3,(H,20,24)(H,21,23)/t13-,14-,17-/m0/s1. The van der Waals surface area contributed by atoms with Gasteiger partial charge in [0.25, 0.3) is 5.91 Å². The smallest absolute Gasteiger partial charge is 0.262 e. The minimum absolute atomic E-state index is 0.00566. The molecule has 136 valence electrons. The summed E-state index contributed by atoms with van der Waals surface area (Å²) in [4.78, 5) is 26.5. The predicted octanol–water partition coefficient (Wildman–Crippen LogP) is 1.69. The van der Waals surface area contributed by atoms with E-state index in [1.165, 1.54) is 19.3 Å². The molecule has 1 aliphatic heterocycles. The van der Waals surface area contributed by atoms with Gasteiger partial charge in [-0.25, -0.2) is 0 Å². The Morgan fingerprint density at radius 3 is 2.76 bits per heavy atom. The first-order valence-corrected chi connectivity index (χ1v) is 9.10. The van der Waals surface area contributed by atoms with Crippen LogP contribution < -0.4 is 20.3 Å². The number of carbonyl (C=O) groups excluding carboxylic acids is 2. The van der Waals surface area contributed by atoms with Crippen LogP contribution in [0.15, 0.2) is 24.3 Å². The second kappa shape index (κ2) is 7.76. The van der Waals surface area contributed by atoms with E-state index in [0.717, 1.165) is 12.1 Å². The minimum atomic E-state index is -0.610. The van der Waals surface area contributed by atoms with Gasteiger partial charge in [0.15, 0.2) is 6.10 Å². The first-order valence-electron chi connectivity index (χ1n) is 9.10. The molecule has 3 atom stereocenters. The fourth-order valence-electron chi connectivity index (χ4n) is 3.71. The quantitative estimate of drug-likeness (QED) is 0.871. The molecule has 0 radical (unpaired) electrons. The Bertz CT molecular complexity index is 634. The maximum atomic E-state index is 12.6. The van der Waals surface area contributed by atoms with Crippen molar-refractivity contribution in [2.24, 2.45) is 5.92 Å². The van der Waals surface area contributed by atoms with E-state index in [2.05, 4.69) is 17.6 Å². The third kappa shape index (κ3) is 4.06. The Balaban J connectivity index is 1.69. The highest BCUT2D eigenvalue weighted by Crippen LogP contribution is 2.33. The molecule has 0 spiro atoms. The van der Waals surface area contributed by atoms with Crippen molar-refractivity contribution in [2.45, 2.75) is 44.8 Å². The van der Waals surface area contributed by atoms with Crippen LogP contribution in [0.2, 0.25) is 0 Å². The molecule has 0 unspecified atom stereocenters. The van der Waals surface area contributed by atoms with Crippen molar-refractivity contribution in [3.8, 4) is 5.75 Å².